The van der Waals surface area contributed by atoms with Crippen LogP contribution in [0.4, 0.5) is 0 Å². The molecule has 0 saturated carbocycles. The van der Waals surface area contributed by atoms with Gasteiger partial charge in [0.05, 0.1) is 0 Å². The van der Waals surface area contributed by atoms with Crippen LogP contribution < -0.4 is 0 Å². The van der Waals surface area contributed by atoms with Crippen LogP contribution in [0, 0.1) is 18.8 Å². The predicted octanol–water partition coefficient (Wildman–Crippen LogP) is 4.08. The largest absolute Gasteiger partial charge is 0.378 e. The summed E-state index contributed by atoms with van der Waals surface area (Å²) in [5.41, 5.74) is 3.46. The molecule has 4 heteroatoms. The molecular formula is C20H23N3O. The van der Waals surface area contributed by atoms with E-state index in [9.17, 15) is 5.11 Å². The molecular weight excluding hydrogens is 298 g/mol. The first kappa shape index (κ1) is 17.7. The van der Waals surface area contributed by atoms with Crippen LogP contribution in [0.25, 0.3) is 22.2 Å². The lowest BCUT2D eigenvalue weighted by Gasteiger charge is -2.07. The highest BCUT2D eigenvalue weighted by atomic mass is 16.3. The number of aryl methyl sites for hydroxylation is 1. The monoisotopic (exact) mass is 321 g/mol. The zero-order chi connectivity index (χ0) is 17.7. The van der Waals surface area contributed by atoms with Crippen molar-refractivity contribution in [3.8, 4) is 23.0 Å². The van der Waals surface area contributed by atoms with Gasteiger partial charge in [0.25, 0.3) is 0 Å². The van der Waals surface area contributed by atoms with E-state index in [-0.39, 0.29) is 0 Å². The molecule has 124 valence electrons. The molecule has 2 N–H and O–H groups in total. The molecule has 0 fully saturated rings. The summed E-state index contributed by atoms with van der Waals surface area (Å²) >= 11 is 0. The van der Waals surface area contributed by atoms with E-state index in [2.05, 4.69) is 32.9 Å². The molecule has 0 spiro atoms. The minimum atomic E-state index is -1.02. The average Bonchev–Trinajstić information content (AvgIpc) is 3.02. The Bertz CT molecular complexity index is 892. The van der Waals surface area contributed by atoms with E-state index in [1.165, 1.54) is 0 Å². The van der Waals surface area contributed by atoms with Gasteiger partial charge in [-0.3, -0.25) is 0 Å². The van der Waals surface area contributed by atoms with Crippen LogP contribution in [0.1, 0.15) is 39.1 Å². The highest BCUT2D eigenvalue weighted by molar-refractivity contribution is 5.81. The summed E-state index contributed by atoms with van der Waals surface area (Å²) in [4.78, 5) is 12.0. The minimum absolute atomic E-state index is 0.652. The van der Waals surface area contributed by atoms with Crippen molar-refractivity contribution < 1.29 is 5.11 Å². The van der Waals surface area contributed by atoms with Crippen LogP contribution in [-0.4, -0.2) is 25.7 Å². The van der Waals surface area contributed by atoms with Crippen molar-refractivity contribution in [2.45, 2.75) is 40.2 Å². The first-order valence-electron chi connectivity index (χ1n) is 8.09. The number of aliphatic hydroxyl groups is 1. The van der Waals surface area contributed by atoms with E-state index in [0.29, 0.717) is 5.69 Å². The lowest BCUT2D eigenvalue weighted by atomic mass is 10.0. The van der Waals surface area contributed by atoms with Gasteiger partial charge in [-0.2, -0.15) is 0 Å². The van der Waals surface area contributed by atoms with Gasteiger partial charge in [0.15, 0.2) is 0 Å². The lowest BCUT2D eigenvalue weighted by molar-refractivity contribution is 0.143. The van der Waals surface area contributed by atoms with E-state index in [1.54, 1.807) is 13.8 Å². The zero-order valence-corrected chi connectivity index (χ0v) is 14.8. The number of fused-ring (bicyclic) bond motifs is 1. The van der Waals surface area contributed by atoms with Crippen molar-refractivity contribution >= 4 is 11.0 Å². The van der Waals surface area contributed by atoms with E-state index >= 15 is 0 Å². The summed E-state index contributed by atoms with van der Waals surface area (Å²) in [6.07, 6.45) is 3.72. The van der Waals surface area contributed by atoms with E-state index in [1.807, 2.05) is 51.4 Å². The van der Waals surface area contributed by atoms with Gasteiger partial charge < -0.3 is 10.1 Å². The first-order valence-corrected chi connectivity index (χ1v) is 8.09. The summed E-state index contributed by atoms with van der Waals surface area (Å²) in [7, 11) is 0. The number of aromatic nitrogens is 3. The number of rotatable bonds is 1. The number of hydrogen-bond acceptors (Lipinski definition) is 3. The molecule has 0 unspecified atom stereocenters. The molecule has 0 amide bonds. The van der Waals surface area contributed by atoms with Gasteiger partial charge in [-0.1, -0.05) is 19.8 Å². The third-order valence-electron chi connectivity index (χ3n) is 3.29. The standard InChI is InChI=1S/C18H17N3O.C2H6/c1-12-16(5-4-15(21-12)6-8-18(2,3)22)14-10-13-7-9-19-17(13)20-11-14;1-2/h4-5,7,9-11,22H,1-3H3,(H,19,20);1-2H3. The summed E-state index contributed by atoms with van der Waals surface area (Å²) in [5.74, 6) is 5.67. The van der Waals surface area contributed by atoms with Crippen molar-refractivity contribution in [1.29, 1.82) is 0 Å². The number of nitrogens with one attached hydrogen (secondary N) is 1. The maximum Gasteiger partial charge on any atom is 0.137 e. The topological polar surface area (TPSA) is 61.8 Å². The average molecular weight is 321 g/mol. The second kappa shape index (κ2) is 7.29. The van der Waals surface area contributed by atoms with Gasteiger partial charge in [0.1, 0.15) is 16.9 Å². The smallest absolute Gasteiger partial charge is 0.137 e. The maximum atomic E-state index is 9.65. The second-order valence-corrected chi connectivity index (χ2v) is 5.78. The Hall–Kier alpha value is -2.64. The Morgan fingerprint density at radius 1 is 1.17 bits per heavy atom. The highest BCUT2D eigenvalue weighted by Gasteiger charge is 2.08. The van der Waals surface area contributed by atoms with Gasteiger partial charge in [0.2, 0.25) is 0 Å². The minimum Gasteiger partial charge on any atom is -0.378 e. The molecule has 3 rings (SSSR count). The second-order valence-electron chi connectivity index (χ2n) is 5.78. The van der Waals surface area contributed by atoms with Gasteiger partial charge >= 0.3 is 0 Å². The molecule has 0 aliphatic heterocycles. The van der Waals surface area contributed by atoms with Crippen LogP contribution in [0.15, 0.2) is 36.7 Å². The SMILES string of the molecule is CC.Cc1nc(C#CC(C)(C)O)ccc1-c1cnc2[nH]ccc2c1. The Morgan fingerprint density at radius 3 is 2.58 bits per heavy atom. The van der Waals surface area contributed by atoms with Crippen molar-refractivity contribution in [3.63, 3.8) is 0 Å². The Balaban J connectivity index is 0.00000100. The fourth-order valence-electron chi connectivity index (χ4n) is 2.24. The molecule has 0 radical (unpaired) electrons. The maximum absolute atomic E-state index is 9.65. The number of aromatic amines is 1. The molecule has 0 saturated heterocycles. The van der Waals surface area contributed by atoms with Crippen molar-refractivity contribution in [2.24, 2.45) is 0 Å². The fraction of sp³-hybridized carbons (Fsp3) is 0.300. The Kier molecular flexibility index (Phi) is 5.38. The predicted molar refractivity (Wildman–Crippen MR) is 98.6 cm³/mol. The first-order chi connectivity index (χ1) is 11.4. The molecule has 24 heavy (non-hydrogen) atoms. The molecule has 0 aliphatic carbocycles. The van der Waals surface area contributed by atoms with E-state index < -0.39 is 5.60 Å². The van der Waals surface area contributed by atoms with Crippen LogP contribution >= 0.6 is 0 Å². The molecule has 4 nitrogen and oxygen atoms in total. The van der Waals surface area contributed by atoms with E-state index in [4.69, 9.17) is 0 Å². The molecule has 3 heterocycles. The number of nitrogens with zero attached hydrogens (tertiary/aromatic N) is 2. The van der Waals surface area contributed by atoms with Gasteiger partial charge in [-0.25, -0.2) is 9.97 Å². The third kappa shape index (κ3) is 4.21. The molecule has 0 aliphatic rings. The fourth-order valence-corrected chi connectivity index (χ4v) is 2.24. The third-order valence-corrected chi connectivity index (χ3v) is 3.29. The van der Waals surface area contributed by atoms with Crippen LogP contribution in [0.3, 0.4) is 0 Å². The van der Waals surface area contributed by atoms with Crippen molar-refractivity contribution in [1.82, 2.24) is 15.0 Å². The summed E-state index contributed by atoms with van der Waals surface area (Å²) in [6.45, 7) is 9.25. The van der Waals surface area contributed by atoms with Gasteiger partial charge in [-0.15, -0.1) is 0 Å². The quantitative estimate of drug-likeness (QED) is 0.664. The summed E-state index contributed by atoms with van der Waals surface area (Å²) in [6, 6.07) is 7.94. The van der Waals surface area contributed by atoms with Gasteiger partial charge in [-0.05, 0) is 51.0 Å². The number of hydrogen-bond donors (Lipinski definition) is 2. The number of pyridine rings is 2. The summed E-state index contributed by atoms with van der Waals surface area (Å²) in [5, 5.41) is 10.7. The summed E-state index contributed by atoms with van der Waals surface area (Å²) < 4.78 is 0. The van der Waals surface area contributed by atoms with Crippen LogP contribution in [0.2, 0.25) is 0 Å². The van der Waals surface area contributed by atoms with E-state index in [0.717, 1.165) is 27.9 Å². The molecule has 0 bridgehead atoms. The normalized spacial score (nSPS) is 10.6. The van der Waals surface area contributed by atoms with Gasteiger partial charge in [0, 0.05) is 34.6 Å². The van der Waals surface area contributed by atoms with Crippen molar-refractivity contribution in [2.75, 3.05) is 0 Å². The molecule has 3 aromatic heterocycles. The van der Waals surface area contributed by atoms with Crippen LogP contribution in [0.5, 0.6) is 0 Å². The zero-order valence-electron chi connectivity index (χ0n) is 14.8. The van der Waals surface area contributed by atoms with Crippen LogP contribution in [-0.2, 0) is 0 Å². The lowest BCUT2D eigenvalue weighted by Crippen LogP contribution is -2.14. The highest BCUT2D eigenvalue weighted by Crippen LogP contribution is 2.24. The number of H-pyrrole nitrogens is 1. The Labute approximate surface area is 143 Å². The molecule has 0 aromatic carbocycles. The van der Waals surface area contributed by atoms with Crippen molar-refractivity contribution in [3.05, 3.63) is 48.0 Å². The molecule has 3 aromatic rings. The molecule has 0 atom stereocenters. The Morgan fingerprint density at radius 2 is 1.92 bits per heavy atom.